The summed E-state index contributed by atoms with van der Waals surface area (Å²) < 4.78 is 0. The SMILES string of the molecule is C[C@@H]1CCC[C@@H](CCN[C@H](c2ccncc2)c2ncc[nH]2)C1. The highest BCUT2D eigenvalue weighted by atomic mass is 15.0. The maximum atomic E-state index is 4.43. The molecule has 118 valence electrons. The molecule has 4 nitrogen and oxygen atoms in total. The lowest BCUT2D eigenvalue weighted by Crippen LogP contribution is -2.27. The standard InChI is InChI=1S/C18H26N4/c1-14-3-2-4-15(13-14)5-10-20-17(18-21-11-12-22-18)16-6-8-19-9-7-16/h6-9,11-12,14-15,17,20H,2-5,10,13H2,1H3,(H,21,22)/t14-,15+,17-/m1/s1. The summed E-state index contributed by atoms with van der Waals surface area (Å²) in [6.45, 7) is 3.42. The molecule has 2 aromatic rings. The quantitative estimate of drug-likeness (QED) is 0.855. The minimum absolute atomic E-state index is 0.124. The van der Waals surface area contributed by atoms with E-state index in [1.807, 2.05) is 24.8 Å². The zero-order valence-electron chi connectivity index (χ0n) is 13.3. The summed E-state index contributed by atoms with van der Waals surface area (Å²) in [5.74, 6) is 2.76. The number of pyridine rings is 1. The lowest BCUT2D eigenvalue weighted by Gasteiger charge is -2.27. The van der Waals surface area contributed by atoms with Gasteiger partial charge >= 0.3 is 0 Å². The van der Waals surface area contributed by atoms with Crippen LogP contribution in [0.1, 0.15) is 56.5 Å². The van der Waals surface area contributed by atoms with Crippen molar-refractivity contribution in [2.45, 2.75) is 45.1 Å². The van der Waals surface area contributed by atoms with Gasteiger partial charge in [-0.15, -0.1) is 0 Å². The molecule has 3 rings (SSSR count). The second kappa shape index (κ2) is 7.54. The lowest BCUT2D eigenvalue weighted by molar-refractivity contribution is 0.266. The third-order valence-corrected chi connectivity index (χ3v) is 4.78. The second-order valence-electron chi connectivity index (χ2n) is 6.57. The fourth-order valence-corrected chi connectivity index (χ4v) is 3.62. The summed E-state index contributed by atoms with van der Waals surface area (Å²) in [6.07, 6.45) is 14.2. The molecule has 3 atom stereocenters. The molecule has 0 bridgehead atoms. The van der Waals surface area contributed by atoms with Crippen LogP contribution in [0.5, 0.6) is 0 Å². The summed E-state index contributed by atoms with van der Waals surface area (Å²) in [7, 11) is 0. The van der Waals surface area contributed by atoms with Gasteiger partial charge in [0.2, 0.25) is 0 Å². The van der Waals surface area contributed by atoms with Gasteiger partial charge in [0, 0.05) is 24.8 Å². The van der Waals surface area contributed by atoms with Crippen molar-refractivity contribution in [3.8, 4) is 0 Å². The Morgan fingerprint density at radius 2 is 2.14 bits per heavy atom. The smallest absolute Gasteiger partial charge is 0.127 e. The molecule has 2 heterocycles. The van der Waals surface area contributed by atoms with Gasteiger partial charge in [-0.2, -0.15) is 0 Å². The minimum atomic E-state index is 0.124. The Morgan fingerprint density at radius 3 is 2.86 bits per heavy atom. The van der Waals surface area contributed by atoms with Crippen LogP contribution >= 0.6 is 0 Å². The maximum absolute atomic E-state index is 4.43. The van der Waals surface area contributed by atoms with E-state index < -0.39 is 0 Å². The van der Waals surface area contributed by atoms with Gasteiger partial charge in [-0.3, -0.25) is 4.98 Å². The number of rotatable bonds is 6. The molecule has 1 aliphatic rings. The van der Waals surface area contributed by atoms with E-state index in [0.717, 1.165) is 24.2 Å². The van der Waals surface area contributed by atoms with Gasteiger partial charge in [0.05, 0.1) is 6.04 Å². The first-order valence-corrected chi connectivity index (χ1v) is 8.45. The Balaban J connectivity index is 1.59. The van der Waals surface area contributed by atoms with Crippen LogP contribution in [0, 0.1) is 11.8 Å². The van der Waals surface area contributed by atoms with Crippen LogP contribution in [-0.4, -0.2) is 21.5 Å². The van der Waals surface area contributed by atoms with Gasteiger partial charge in [-0.25, -0.2) is 4.98 Å². The van der Waals surface area contributed by atoms with Crippen LogP contribution < -0.4 is 5.32 Å². The van der Waals surface area contributed by atoms with E-state index in [2.05, 4.69) is 39.3 Å². The average Bonchev–Trinajstić information content (AvgIpc) is 3.07. The minimum Gasteiger partial charge on any atom is -0.347 e. The molecule has 0 aromatic carbocycles. The summed E-state index contributed by atoms with van der Waals surface area (Å²) in [4.78, 5) is 11.8. The van der Waals surface area contributed by atoms with Gasteiger partial charge in [0.25, 0.3) is 0 Å². The van der Waals surface area contributed by atoms with Crippen molar-refractivity contribution >= 4 is 0 Å². The van der Waals surface area contributed by atoms with Gasteiger partial charge in [-0.05, 0) is 48.9 Å². The van der Waals surface area contributed by atoms with Crippen molar-refractivity contribution in [1.29, 1.82) is 0 Å². The zero-order valence-corrected chi connectivity index (χ0v) is 13.3. The van der Waals surface area contributed by atoms with Crippen molar-refractivity contribution in [3.05, 3.63) is 48.3 Å². The molecule has 2 aromatic heterocycles. The predicted octanol–water partition coefficient (Wildman–Crippen LogP) is 3.70. The molecule has 22 heavy (non-hydrogen) atoms. The molecule has 0 unspecified atom stereocenters. The van der Waals surface area contributed by atoms with E-state index in [9.17, 15) is 0 Å². The van der Waals surface area contributed by atoms with Crippen LogP contribution in [0.25, 0.3) is 0 Å². The van der Waals surface area contributed by atoms with Gasteiger partial charge < -0.3 is 10.3 Å². The first kappa shape index (κ1) is 15.2. The monoisotopic (exact) mass is 298 g/mol. The van der Waals surface area contributed by atoms with Gasteiger partial charge in [-0.1, -0.05) is 26.2 Å². The van der Waals surface area contributed by atoms with E-state index in [-0.39, 0.29) is 6.04 Å². The third kappa shape index (κ3) is 3.95. The summed E-state index contributed by atoms with van der Waals surface area (Å²) in [5.41, 5.74) is 1.21. The summed E-state index contributed by atoms with van der Waals surface area (Å²) in [6, 6.07) is 4.24. The first-order chi connectivity index (χ1) is 10.8. The Kier molecular flexibility index (Phi) is 5.22. The van der Waals surface area contributed by atoms with Crippen LogP contribution in [0.2, 0.25) is 0 Å². The largest absolute Gasteiger partial charge is 0.347 e. The second-order valence-corrected chi connectivity index (χ2v) is 6.57. The fourth-order valence-electron chi connectivity index (χ4n) is 3.62. The molecule has 0 aliphatic heterocycles. The number of aromatic amines is 1. The molecule has 2 N–H and O–H groups in total. The molecule has 1 saturated carbocycles. The fraction of sp³-hybridized carbons (Fsp3) is 0.556. The topological polar surface area (TPSA) is 53.6 Å². The molecule has 1 fully saturated rings. The van der Waals surface area contributed by atoms with Crippen molar-refractivity contribution < 1.29 is 0 Å². The Hall–Kier alpha value is -1.68. The number of hydrogen-bond acceptors (Lipinski definition) is 3. The molecule has 0 saturated heterocycles. The Labute approximate surface area is 132 Å². The van der Waals surface area contributed by atoms with E-state index in [1.54, 1.807) is 0 Å². The Morgan fingerprint density at radius 1 is 1.27 bits per heavy atom. The van der Waals surface area contributed by atoms with Gasteiger partial charge in [0.1, 0.15) is 5.82 Å². The van der Waals surface area contributed by atoms with Crippen molar-refractivity contribution in [2.24, 2.45) is 11.8 Å². The number of aromatic nitrogens is 3. The zero-order chi connectivity index (χ0) is 15.2. The number of hydrogen-bond donors (Lipinski definition) is 2. The highest BCUT2D eigenvalue weighted by Gasteiger charge is 2.20. The molecular formula is C18H26N4. The molecule has 0 radical (unpaired) electrons. The van der Waals surface area contributed by atoms with Crippen molar-refractivity contribution in [2.75, 3.05) is 6.54 Å². The Bertz CT molecular complexity index is 537. The number of imidazole rings is 1. The molecule has 0 spiro atoms. The van der Waals surface area contributed by atoms with E-state index >= 15 is 0 Å². The number of H-pyrrole nitrogens is 1. The molecule has 4 heteroatoms. The number of nitrogens with zero attached hydrogens (tertiary/aromatic N) is 2. The molecular weight excluding hydrogens is 272 g/mol. The number of nitrogens with one attached hydrogen (secondary N) is 2. The maximum Gasteiger partial charge on any atom is 0.127 e. The average molecular weight is 298 g/mol. The van der Waals surface area contributed by atoms with Crippen LogP contribution in [0.4, 0.5) is 0 Å². The lowest BCUT2D eigenvalue weighted by atomic mass is 9.81. The van der Waals surface area contributed by atoms with E-state index in [0.29, 0.717) is 0 Å². The van der Waals surface area contributed by atoms with Crippen LogP contribution in [0.15, 0.2) is 36.9 Å². The van der Waals surface area contributed by atoms with Crippen LogP contribution in [-0.2, 0) is 0 Å². The van der Waals surface area contributed by atoms with Crippen LogP contribution in [0.3, 0.4) is 0 Å². The third-order valence-electron chi connectivity index (χ3n) is 4.78. The van der Waals surface area contributed by atoms with E-state index in [4.69, 9.17) is 0 Å². The van der Waals surface area contributed by atoms with E-state index in [1.165, 1.54) is 37.7 Å². The van der Waals surface area contributed by atoms with Crippen molar-refractivity contribution in [1.82, 2.24) is 20.3 Å². The van der Waals surface area contributed by atoms with Crippen molar-refractivity contribution in [3.63, 3.8) is 0 Å². The predicted molar refractivity (Wildman–Crippen MR) is 88.4 cm³/mol. The van der Waals surface area contributed by atoms with Gasteiger partial charge in [0.15, 0.2) is 0 Å². The highest BCUT2D eigenvalue weighted by Crippen LogP contribution is 2.30. The highest BCUT2D eigenvalue weighted by molar-refractivity contribution is 5.22. The molecule has 1 aliphatic carbocycles. The first-order valence-electron chi connectivity index (χ1n) is 8.45. The normalized spacial score (nSPS) is 23.3. The molecule has 0 amide bonds. The summed E-state index contributed by atoms with van der Waals surface area (Å²) >= 11 is 0. The summed E-state index contributed by atoms with van der Waals surface area (Å²) in [5, 5.41) is 3.68.